The molecule has 1 aliphatic heterocycles. The van der Waals surface area contributed by atoms with Gasteiger partial charge in [0.25, 0.3) is 0 Å². The van der Waals surface area contributed by atoms with Gasteiger partial charge in [-0.15, -0.1) is 0 Å². The fraction of sp³-hybridized carbons (Fsp3) is 0.500. The highest BCUT2D eigenvalue weighted by Gasteiger charge is 2.21. The molecule has 0 atom stereocenters. The number of ether oxygens (including phenoxy) is 1. The highest BCUT2D eigenvalue weighted by Crippen LogP contribution is 2.17. The number of nitrogens with one attached hydrogen (secondary N) is 2. The van der Waals surface area contributed by atoms with E-state index >= 15 is 0 Å². The van der Waals surface area contributed by atoms with Crippen LogP contribution in [0.2, 0.25) is 0 Å². The van der Waals surface area contributed by atoms with Crippen LogP contribution in [0.1, 0.15) is 12.8 Å². The number of nitrogens with zero attached hydrogens (tertiary/aromatic N) is 1. The van der Waals surface area contributed by atoms with E-state index in [1.165, 1.54) is 0 Å². The minimum atomic E-state index is 0.0484. The zero-order chi connectivity index (χ0) is 12.1. The molecule has 0 radical (unpaired) electrons. The maximum atomic E-state index is 11.9. The highest BCUT2D eigenvalue weighted by atomic mass is 16.5. The number of rotatable bonds is 3. The van der Waals surface area contributed by atoms with E-state index in [4.69, 9.17) is 4.74 Å². The van der Waals surface area contributed by atoms with Crippen molar-refractivity contribution in [1.82, 2.24) is 10.3 Å². The quantitative estimate of drug-likeness (QED) is 0.821. The second-order valence-corrected chi connectivity index (χ2v) is 4.09. The Morgan fingerprint density at radius 2 is 2.29 bits per heavy atom. The number of amides is 1. The van der Waals surface area contributed by atoms with Crippen LogP contribution in [0.15, 0.2) is 18.3 Å². The van der Waals surface area contributed by atoms with Crippen molar-refractivity contribution >= 4 is 11.7 Å². The average molecular weight is 235 g/mol. The zero-order valence-corrected chi connectivity index (χ0v) is 9.90. The number of pyridine rings is 1. The molecule has 92 valence electrons. The number of hydrogen-bond acceptors (Lipinski definition) is 4. The third-order valence-electron chi connectivity index (χ3n) is 2.93. The third-order valence-corrected chi connectivity index (χ3v) is 2.93. The molecule has 1 aliphatic rings. The lowest BCUT2D eigenvalue weighted by Crippen LogP contribution is -2.34. The van der Waals surface area contributed by atoms with Crippen LogP contribution in [0.3, 0.4) is 0 Å². The van der Waals surface area contributed by atoms with Crippen LogP contribution < -0.4 is 15.4 Å². The minimum absolute atomic E-state index is 0.0484. The number of methoxy groups -OCH3 is 1. The molecule has 1 saturated heterocycles. The summed E-state index contributed by atoms with van der Waals surface area (Å²) in [4.78, 5) is 16.0. The standard InChI is InChI=1S/C12H17N3O2/c1-17-10-4-7-14-11(8-10)15-12(16)9-2-5-13-6-3-9/h4,7-9,13H,2-3,5-6H2,1H3,(H,14,15,16). The number of hydrogen-bond donors (Lipinski definition) is 2. The average Bonchev–Trinajstić information content (AvgIpc) is 2.40. The van der Waals surface area contributed by atoms with Gasteiger partial charge in [-0.2, -0.15) is 0 Å². The van der Waals surface area contributed by atoms with Gasteiger partial charge >= 0.3 is 0 Å². The van der Waals surface area contributed by atoms with Gasteiger partial charge in [0.05, 0.1) is 7.11 Å². The molecular weight excluding hydrogens is 218 g/mol. The van der Waals surface area contributed by atoms with Crippen molar-refractivity contribution in [3.8, 4) is 5.75 Å². The summed E-state index contributed by atoms with van der Waals surface area (Å²) in [6.07, 6.45) is 3.39. The SMILES string of the molecule is COc1ccnc(NC(=O)C2CCNCC2)c1. The van der Waals surface area contributed by atoms with Gasteiger partial charge in [-0.05, 0) is 32.0 Å². The van der Waals surface area contributed by atoms with Crippen molar-refractivity contribution in [2.45, 2.75) is 12.8 Å². The summed E-state index contributed by atoms with van der Waals surface area (Å²) in [5.74, 6) is 1.38. The lowest BCUT2D eigenvalue weighted by molar-refractivity contribution is -0.120. The number of carbonyl (C=O) groups excluding carboxylic acids is 1. The summed E-state index contributed by atoms with van der Waals surface area (Å²) in [7, 11) is 1.59. The molecule has 2 rings (SSSR count). The summed E-state index contributed by atoms with van der Waals surface area (Å²) in [5.41, 5.74) is 0. The van der Waals surface area contributed by atoms with E-state index in [0.29, 0.717) is 11.6 Å². The lowest BCUT2D eigenvalue weighted by atomic mass is 9.97. The summed E-state index contributed by atoms with van der Waals surface area (Å²) in [5, 5.41) is 6.06. The van der Waals surface area contributed by atoms with E-state index in [1.807, 2.05) is 0 Å². The largest absolute Gasteiger partial charge is 0.497 e. The number of anilines is 1. The Kier molecular flexibility index (Phi) is 3.93. The van der Waals surface area contributed by atoms with Crippen LogP contribution >= 0.6 is 0 Å². The van der Waals surface area contributed by atoms with Gasteiger partial charge in [0.2, 0.25) is 5.91 Å². The predicted molar refractivity (Wildman–Crippen MR) is 65.0 cm³/mol. The Labute approximate surface area is 101 Å². The van der Waals surface area contributed by atoms with Crippen LogP contribution in [0.4, 0.5) is 5.82 Å². The normalized spacial score (nSPS) is 16.5. The minimum Gasteiger partial charge on any atom is -0.497 e. The Balaban J connectivity index is 1.96. The first-order chi connectivity index (χ1) is 8.29. The molecule has 17 heavy (non-hydrogen) atoms. The Hall–Kier alpha value is -1.62. The topological polar surface area (TPSA) is 63.2 Å². The molecule has 0 aromatic carbocycles. The fourth-order valence-corrected chi connectivity index (χ4v) is 1.92. The Morgan fingerprint density at radius 3 is 3.00 bits per heavy atom. The van der Waals surface area contributed by atoms with Crippen molar-refractivity contribution < 1.29 is 9.53 Å². The maximum Gasteiger partial charge on any atom is 0.228 e. The second kappa shape index (κ2) is 5.63. The number of piperidine rings is 1. The van der Waals surface area contributed by atoms with Gasteiger partial charge in [-0.1, -0.05) is 0 Å². The Morgan fingerprint density at radius 1 is 1.53 bits per heavy atom. The second-order valence-electron chi connectivity index (χ2n) is 4.09. The summed E-state index contributed by atoms with van der Waals surface area (Å²) >= 11 is 0. The third kappa shape index (κ3) is 3.17. The molecule has 0 saturated carbocycles. The van der Waals surface area contributed by atoms with Gasteiger partial charge in [-0.25, -0.2) is 4.98 Å². The van der Waals surface area contributed by atoms with Gasteiger partial charge in [0.1, 0.15) is 11.6 Å². The molecule has 0 bridgehead atoms. The van der Waals surface area contributed by atoms with Crippen molar-refractivity contribution in [3.63, 3.8) is 0 Å². The molecule has 1 aromatic rings. The zero-order valence-electron chi connectivity index (χ0n) is 9.90. The molecule has 2 heterocycles. The van der Waals surface area contributed by atoms with Crippen LogP contribution in [0.25, 0.3) is 0 Å². The van der Waals surface area contributed by atoms with Crippen molar-refractivity contribution in [3.05, 3.63) is 18.3 Å². The molecular formula is C12H17N3O2. The smallest absolute Gasteiger partial charge is 0.228 e. The first-order valence-electron chi connectivity index (χ1n) is 5.81. The maximum absolute atomic E-state index is 11.9. The molecule has 0 spiro atoms. The molecule has 0 aliphatic carbocycles. The lowest BCUT2D eigenvalue weighted by Gasteiger charge is -2.21. The predicted octanol–water partition coefficient (Wildman–Crippen LogP) is 1.03. The molecule has 1 amide bonds. The number of carbonyl (C=O) groups is 1. The summed E-state index contributed by atoms with van der Waals surface area (Å²) in [6, 6.07) is 3.47. The van der Waals surface area contributed by atoms with Crippen molar-refractivity contribution in [1.29, 1.82) is 0 Å². The monoisotopic (exact) mass is 235 g/mol. The van der Waals surface area contributed by atoms with Crippen LogP contribution in [0, 0.1) is 5.92 Å². The fourth-order valence-electron chi connectivity index (χ4n) is 1.92. The molecule has 0 unspecified atom stereocenters. The van der Waals surface area contributed by atoms with E-state index < -0.39 is 0 Å². The van der Waals surface area contributed by atoms with Gasteiger partial charge in [0, 0.05) is 18.2 Å². The first-order valence-corrected chi connectivity index (χ1v) is 5.81. The van der Waals surface area contributed by atoms with Crippen molar-refractivity contribution in [2.75, 3.05) is 25.5 Å². The van der Waals surface area contributed by atoms with Crippen LogP contribution in [0.5, 0.6) is 5.75 Å². The molecule has 1 aromatic heterocycles. The highest BCUT2D eigenvalue weighted by molar-refractivity contribution is 5.91. The van der Waals surface area contributed by atoms with E-state index in [1.54, 1.807) is 25.4 Å². The van der Waals surface area contributed by atoms with Crippen LogP contribution in [-0.2, 0) is 4.79 Å². The van der Waals surface area contributed by atoms with Gasteiger partial charge < -0.3 is 15.4 Å². The van der Waals surface area contributed by atoms with E-state index in [9.17, 15) is 4.79 Å². The van der Waals surface area contributed by atoms with E-state index in [2.05, 4.69) is 15.6 Å². The van der Waals surface area contributed by atoms with E-state index in [0.717, 1.165) is 25.9 Å². The van der Waals surface area contributed by atoms with Gasteiger partial charge in [-0.3, -0.25) is 4.79 Å². The Bertz CT molecular complexity index is 389. The summed E-state index contributed by atoms with van der Waals surface area (Å²) in [6.45, 7) is 1.81. The first kappa shape index (κ1) is 11.9. The van der Waals surface area contributed by atoms with Crippen molar-refractivity contribution in [2.24, 2.45) is 5.92 Å². The van der Waals surface area contributed by atoms with E-state index in [-0.39, 0.29) is 11.8 Å². The molecule has 5 nitrogen and oxygen atoms in total. The van der Waals surface area contributed by atoms with Crippen LogP contribution in [-0.4, -0.2) is 31.1 Å². The van der Waals surface area contributed by atoms with Gasteiger partial charge in [0.15, 0.2) is 0 Å². The molecule has 5 heteroatoms. The number of aromatic nitrogens is 1. The summed E-state index contributed by atoms with van der Waals surface area (Å²) < 4.78 is 5.08. The molecule has 1 fully saturated rings. The molecule has 2 N–H and O–H groups in total.